The smallest absolute Gasteiger partial charge is 0.305 e. The number of rotatable bonds is 13. The third kappa shape index (κ3) is 10.5. The van der Waals surface area contributed by atoms with Gasteiger partial charge in [0.2, 0.25) is 3.79 Å². The van der Waals surface area contributed by atoms with E-state index in [4.69, 9.17) is 49.0 Å². The zero-order chi connectivity index (χ0) is 26.9. The number of benzene rings is 1. The van der Waals surface area contributed by atoms with Gasteiger partial charge in [-0.3, -0.25) is 9.59 Å². The zero-order valence-corrected chi connectivity index (χ0v) is 23.2. The molecule has 2 rings (SSSR count). The predicted molar refractivity (Wildman–Crippen MR) is 139 cm³/mol. The molecule has 1 amide bonds. The van der Waals surface area contributed by atoms with Crippen LogP contribution in [0.4, 0.5) is 0 Å². The van der Waals surface area contributed by atoms with E-state index in [9.17, 15) is 19.8 Å². The molecular weight excluding hydrogens is 533 g/mol. The van der Waals surface area contributed by atoms with Crippen LogP contribution in [0.1, 0.15) is 62.7 Å². The molecular formula is C25H36Cl3NO7. The number of likely N-dealkylation sites (tertiary alicyclic amines) is 1. The molecule has 1 aromatic rings. The fourth-order valence-electron chi connectivity index (χ4n) is 4.34. The van der Waals surface area contributed by atoms with Crippen molar-refractivity contribution in [1.82, 2.24) is 4.90 Å². The molecule has 2 unspecified atom stereocenters. The Bertz CT molecular complexity index is 870. The summed E-state index contributed by atoms with van der Waals surface area (Å²) in [5.41, 5.74) is -0.393. The third-order valence-corrected chi connectivity index (χ3v) is 6.18. The van der Waals surface area contributed by atoms with E-state index in [1.807, 2.05) is 0 Å². The van der Waals surface area contributed by atoms with Gasteiger partial charge in [-0.05, 0) is 70.1 Å². The van der Waals surface area contributed by atoms with Gasteiger partial charge in [-0.15, -0.1) is 0 Å². The number of nitrogens with zero attached hydrogens (tertiary/aromatic N) is 1. The standard InChI is InChI=1S/C25H36Cl3NO7/c1-24(2,33)13-17-11-19(15-30)29(14-17)23(32)18-8-9-20(21(12-18)34-3)35-10-6-4-5-7-22(31)36-16-25(26,27)28/h8-9,12,17,19,30,33H,4-7,10-11,13-16H2,1-3H3. The van der Waals surface area contributed by atoms with Crippen molar-refractivity contribution in [2.45, 2.75) is 67.8 Å². The Balaban J connectivity index is 1.85. The topological polar surface area (TPSA) is 106 Å². The van der Waals surface area contributed by atoms with Crippen molar-refractivity contribution in [1.29, 1.82) is 0 Å². The van der Waals surface area contributed by atoms with Crippen LogP contribution < -0.4 is 9.47 Å². The summed E-state index contributed by atoms with van der Waals surface area (Å²) in [6.07, 6.45) is 3.49. The largest absolute Gasteiger partial charge is 0.493 e. The van der Waals surface area contributed by atoms with E-state index in [0.717, 1.165) is 6.42 Å². The SMILES string of the molecule is COc1cc(C(=O)N2CC(CC(C)(C)O)CC2CO)ccc1OCCCCCC(=O)OCC(Cl)(Cl)Cl. The highest BCUT2D eigenvalue weighted by atomic mass is 35.6. The quantitative estimate of drug-likeness (QED) is 0.205. The molecule has 0 bridgehead atoms. The molecule has 8 nitrogen and oxygen atoms in total. The lowest BCUT2D eigenvalue weighted by Crippen LogP contribution is -2.38. The lowest BCUT2D eigenvalue weighted by molar-refractivity contribution is -0.143. The monoisotopic (exact) mass is 567 g/mol. The van der Waals surface area contributed by atoms with E-state index in [-0.39, 0.29) is 37.5 Å². The average Bonchev–Trinajstić information content (AvgIpc) is 3.20. The number of hydrogen-bond donors (Lipinski definition) is 2. The molecule has 0 aromatic heterocycles. The fourth-order valence-corrected chi connectivity index (χ4v) is 4.50. The highest BCUT2D eigenvalue weighted by Gasteiger charge is 2.37. The number of hydrogen-bond acceptors (Lipinski definition) is 7. The number of methoxy groups -OCH3 is 1. The van der Waals surface area contributed by atoms with Gasteiger partial charge in [0.1, 0.15) is 6.61 Å². The Morgan fingerprint density at radius 1 is 1.14 bits per heavy atom. The first-order valence-electron chi connectivity index (χ1n) is 12.0. The summed E-state index contributed by atoms with van der Waals surface area (Å²) in [5, 5.41) is 19.9. The van der Waals surface area contributed by atoms with Crippen molar-refractivity contribution in [2.75, 3.05) is 33.5 Å². The first kappa shape index (κ1) is 30.8. The van der Waals surface area contributed by atoms with E-state index in [1.54, 1.807) is 36.9 Å². The van der Waals surface area contributed by atoms with Crippen LogP contribution in [-0.4, -0.2) is 75.9 Å². The van der Waals surface area contributed by atoms with Gasteiger partial charge >= 0.3 is 5.97 Å². The second-order valence-electron chi connectivity index (χ2n) is 9.71. The molecule has 0 radical (unpaired) electrons. The summed E-state index contributed by atoms with van der Waals surface area (Å²) in [4.78, 5) is 26.5. The lowest BCUT2D eigenvalue weighted by Gasteiger charge is -2.24. The molecule has 1 aliphatic rings. The van der Waals surface area contributed by atoms with Gasteiger partial charge in [-0.2, -0.15) is 0 Å². The number of unbranched alkanes of at least 4 members (excludes halogenated alkanes) is 2. The van der Waals surface area contributed by atoms with Crippen LogP contribution in [-0.2, 0) is 9.53 Å². The van der Waals surface area contributed by atoms with Crippen molar-refractivity contribution < 1.29 is 34.0 Å². The average molecular weight is 569 g/mol. The van der Waals surface area contributed by atoms with Crippen molar-refractivity contribution >= 4 is 46.7 Å². The molecule has 2 atom stereocenters. The first-order chi connectivity index (χ1) is 16.8. The summed E-state index contributed by atoms with van der Waals surface area (Å²) in [5.74, 6) is 0.447. The highest BCUT2D eigenvalue weighted by molar-refractivity contribution is 6.67. The number of halogens is 3. The van der Waals surface area contributed by atoms with Crippen molar-refractivity contribution in [2.24, 2.45) is 5.92 Å². The molecule has 1 fully saturated rings. The van der Waals surface area contributed by atoms with Crippen LogP contribution in [0.3, 0.4) is 0 Å². The van der Waals surface area contributed by atoms with Crippen LogP contribution >= 0.6 is 34.8 Å². The molecule has 0 aliphatic carbocycles. The van der Waals surface area contributed by atoms with Gasteiger partial charge < -0.3 is 29.3 Å². The minimum Gasteiger partial charge on any atom is -0.493 e. The number of aliphatic hydroxyl groups is 2. The number of esters is 1. The maximum Gasteiger partial charge on any atom is 0.305 e. The van der Waals surface area contributed by atoms with E-state index in [2.05, 4.69) is 0 Å². The molecule has 0 saturated carbocycles. The van der Waals surface area contributed by atoms with Crippen LogP contribution in [0, 0.1) is 5.92 Å². The summed E-state index contributed by atoms with van der Waals surface area (Å²) in [7, 11) is 1.50. The molecule has 0 spiro atoms. The van der Waals surface area contributed by atoms with Gasteiger partial charge in [0.25, 0.3) is 5.91 Å². The minimum absolute atomic E-state index is 0.118. The first-order valence-corrected chi connectivity index (χ1v) is 13.1. The van der Waals surface area contributed by atoms with Crippen LogP contribution in [0.15, 0.2) is 18.2 Å². The third-order valence-electron chi connectivity index (χ3n) is 5.85. The second kappa shape index (κ2) is 13.9. The van der Waals surface area contributed by atoms with Crippen LogP contribution in [0.5, 0.6) is 11.5 Å². The van der Waals surface area contributed by atoms with Crippen molar-refractivity contribution in [3.8, 4) is 11.5 Å². The molecule has 2 N–H and O–H groups in total. The Labute approximate surface area is 227 Å². The Kier molecular flexibility index (Phi) is 11.9. The summed E-state index contributed by atoms with van der Waals surface area (Å²) in [6, 6.07) is 4.72. The minimum atomic E-state index is -1.61. The van der Waals surface area contributed by atoms with Gasteiger partial charge in [0.05, 0.1) is 32.0 Å². The summed E-state index contributed by atoms with van der Waals surface area (Å²) < 4.78 is 14.5. The summed E-state index contributed by atoms with van der Waals surface area (Å²) >= 11 is 16.6. The number of ether oxygens (including phenoxy) is 3. The normalized spacial score (nSPS) is 18.3. The molecule has 1 aromatic carbocycles. The van der Waals surface area contributed by atoms with Gasteiger partial charge in [-0.1, -0.05) is 34.8 Å². The van der Waals surface area contributed by atoms with Gasteiger partial charge in [0.15, 0.2) is 11.5 Å². The van der Waals surface area contributed by atoms with Crippen LogP contribution in [0.2, 0.25) is 0 Å². The number of carbonyl (C=O) groups is 2. The van der Waals surface area contributed by atoms with E-state index < -0.39 is 15.4 Å². The number of aliphatic hydroxyl groups excluding tert-OH is 1. The van der Waals surface area contributed by atoms with E-state index in [0.29, 0.717) is 55.9 Å². The Hall–Kier alpha value is -1.45. The summed E-state index contributed by atoms with van der Waals surface area (Å²) in [6.45, 7) is 3.97. The molecule has 1 aliphatic heterocycles. The van der Waals surface area contributed by atoms with E-state index >= 15 is 0 Å². The maximum atomic E-state index is 13.2. The Morgan fingerprint density at radius 2 is 1.86 bits per heavy atom. The van der Waals surface area contributed by atoms with Gasteiger partial charge in [-0.25, -0.2) is 0 Å². The molecule has 11 heteroatoms. The predicted octanol–water partition coefficient (Wildman–Crippen LogP) is 4.53. The zero-order valence-electron chi connectivity index (χ0n) is 21.0. The van der Waals surface area contributed by atoms with Gasteiger partial charge in [0, 0.05) is 18.5 Å². The van der Waals surface area contributed by atoms with Crippen molar-refractivity contribution in [3.63, 3.8) is 0 Å². The second-order valence-corrected chi connectivity index (χ2v) is 12.2. The fraction of sp³-hybridized carbons (Fsp3) is 0.680. The van der Waals surface area contributed by atoms with E-state index in [1.165, 1.54) is 7.11 Å². The van der Waals surface area contributed by atoms with Crippen LogP contribution in [0.25, 0.3) is 0 Å². The molecule has 36 heavy (non-hydrogen) atoms. The number of alkyl halides is 3. The number of carbonyl (C=O) groups excluding carboxylic acids is 2. The lowest BCUT2D eigenvalue weighted by atomic mass is 9.92. The molecule has 1 saturated heterocycles. The maximum absolute atomic E-state index is 13.2. The molecule has 1 heterocycles. The molecule has 204 valence electrons. The highest BCUT2D eigenvalue weighted by Crippen LogP contribution is 2.33. The Morgan fingerprint density at radius 3 is 2.47 bits per heavy atom. The van der Waals surface area contributed by atoms with Crippen molar-refractivity contribution in [3.05, 3.63) is 23.8 Å². The number of amides is 1.